The molecule has 4 heteroatoms. The third-order valence-electron chi connectivity index (χ3n) is 5.23. The van der Waals surface area contributed by atoms with Gasteiger partial charge in [0.1, 0.15) is 0 Å². The van der Waals surface area contributed by atoms with Crippen LogP contribution in [0.1, 0.15) is 30.9 Å². The lowest BCUT2D eigenvalue weighted by atomic mass is 9.96. The molecular formula is C22H27N3O. The number of nitrogens with zero attached hydrogens (tertiary/aromatic N) is 3. The Morgan fingerprint density at radius 3 is 2.65 bits per heavy atom. The number of hydrogen-bond donors (Lipinski definition) is 0. The number of likely N-dealkylation sites (N-methyl/N-ethyl adjacent to an activating group) is 1. The predicted octanol–water partition coefficient (Wildman–Crippen LogP) is 3.61. The first-order chi connectivity index (χ1) is 12.6. The molecule has 2 heterocycles. The second-order valence-corrected chi connectivity index (χ2v) is 7.05. The summed E-state index contributed by atoms with van der Waals surface area (Å²) in [4.78, 5) is 20.9. The van der Waals surface area contributed by atoms with E-state index in [0.717, 1.165) is 31.5 Å². The number of piperidine rings is 1. The first-order valence-corrected chi connectivity index (χ1v) is 9.26. The van der Waals surface area contributed by atoms with Crippen LogP contribution in [0, 0.1) is 0 Å². The van der Waals surface area contributed by atoms with Crippen LogP contribution in [-0.4, -0.2) is 46.4 Å². The number of pyridine rings is 1. The quantitative estimate of drug-likeness (QED) is 0.774. The zero-order chi connectivity index (χ0) is 18.4. The summed E-state index contributed by atoms with van der Waals surface area (Å²) in [5.74, 6) is 0.0653. The highest BCUT2D eigenvalue weighted by atomic mass is 16.2. The van der Waals surface area contributed by atoms with Gasteiger partial charge in [-0.15, -0.1) is 0 Å². The Labute approximate surface area is 156 Å². The highest BCUT2D eigenvalue weighted by molar-refractivity contribution is 5.91. The predicted molar refractivity (Wildman–Crippen MR) is 105 cm³/mol. The molecular weight excluding hydrogens is 322 g/mol. The summed E-state index contributed by atoms with van der Waals surface area (Å²) in [6.07, 6.45) is 9.02. The largest absolute Gasteiger partial charge is 0.339 e. The topological polar surface area (TPSA) is 36.4 Å². The summed E-state index contributed by atoms with van der Waals surface area (Å²) in [6, 6.07) is 15.2. The fourth-order valence-electron chi connectivity index (χ4n) is 3.54. The molecule has 136 valence electrons. The Balaban J connectivity index is 1.54. The van der Waals surface area contributed by atoms with Crippen LogP contribution in [0.5, 0.6) is 0 Å². The molecule has 1 aliphatic heterocycles. The molecule has 2 aromatic rings. The number of aromatic nitrogens is 1. The molecule has 0 unspecified atom stereocenters. The maximum absolute atomic E-state index is 12.5. The Hall–Kier alpha value is -2.46. The van der Waals surface area contributed by atoms with Gasteiger partial charge in [-0.3, -0.25) is 14.7 Å². The highest BCUT2D eigenvalue weighted by Gasteiger charge is 2.29. The summed E-state index contributed by atoms with van der Waals surface area (Å²) in [5, 5.41) is 0. The number of benzene rings is 1. The van der Waals surface area contributed by atoms with Gasteiger partial charge in [0.25, 0.3) is 0 Å². The van der Waals surface area contributed by atoms with Crippen LogP contribution in [0.3, 0.4) is 0 Å². The molecule has 1 saturated heterocycles. The molecule has 1 aromatic carbocycles. The molecule has 1 aromatic heterocycles. The lowest BCUT2D eigenvalue weighted by Gasteiger charge is -2.41. The number of amides is 1. The van der Waals surface area contributed by atoms with Gasteiger partial charge in [-0.2, -0.15) is 0 Å². The van der Waals surface area contributed by atoms with E-state index in [-0.39, 0.29) is 5.91 Å². The lowest BCUT2D eigenvalue weighted by molar-refractivity contribution is -0.128. The SMILES string of the molecule is C[C@@H]1C[C@@H](N(C)C(=O)/C=C/c2ccncc2)CCN1Cc1ccccc1. The van der Waals surface area contributed by atoms with Crippen molar-refractivity contribution in [3.05, 3.63) is 72.1 Å². The third kappa shape index (κ3) is 4.79. The van der Waals surface area contributed by atoms with Crippen molar-refractivity contribution in [1.29, 1.82) is 0 Å². The van der Waals surface area contributed by atoms with Crippen molar-refractivity contribution in [2.75, 3.05) is 13.6 Å². The monoisotopic (exact) mass is 349 g/mol. The second-order valence-electron chi connectivity index (χ2n) is 7.05. The van der Waals surface area contributed by atoms with Gasteiger partial charge in [-0.1, -0.05) is 30.3 Å². The number of likely N-dealkylation sites (tertiary alicyclic amines) is 1. The molecule has 0 bridgehead atoms. The average molecular weight is 349 g/mol. The van der Waals surface area contributed by atoms with Crippen LogP contribution >= 0.6 is 0 Å². The van der Waals surface area contributed by atoms with E-state index < -0.39 is 0 Å². The second kappa shape index (κ2) is 8.77. The minimum atomic E-state index is 0.0653. The highest BCUT2D eigenvalue weighted by Crippen LogP contribution is 2.23. The fourth-order valence-corrected chi connectivity index (χ4v) is 3.54. The van der Waals surface area contributed by atoms with Crippen molar-refractivity contribution in [2.24, 2.45) is 0 Å². The zero-order valence-electron chi connectivity index (χ0n) is 15.6. The molecule has 4 nitrogen and oxygen atoms in total. The van der Waals surface area contributed by atoms with E-state index in [9.17, 15) is 4.79 Å². The smallest absolute Gasteiger partial charge is 0.246 e. The fraction of sp³-hybridized carbons (Fsp3) is 0.364. The van der Waals surface area contributed by atoms with Crippen molar-refractivity contribution >= 4 is 12.0 Å². The standard InChI is InChI=1S/C22H27N3O/c1-18-16-21(12-15-25(18)17-20-6-4-3-5-7-20)24(2)22(26)9-8-19-10-13-23-14-11-19/h3-11,13-14,18,21H,12,15-17H2,1-2H3/b9-8+/t18-,21+/m1/s1. The normalized spacial score (nSPS) is 21.0. The molecule has 0 radical (unpaired) electrons. The van der Waals surface area contributed by atoms with Crippen LogP contribution in [-0.2, 0) is 11.3 Å². The first-order valence-electron chi connectivity index (χ1n) is 9.26. The van der Waals surface area contributed by atoms with E-state index in [0.29, 0.717) is 12.1 Å². The van der Waals surface area contributed by atoms with E-state index >= 15 is 0 Å². The molecule has 0 spiro atoms. The van der Waals surface area contributed by atoms with Gasteiger partial charge in [-0.05, 0) is 49.1 Å². The maximum atomic E-state index is 12.5. The van der Waals surface area contributed by atoms with Crippen molar-refractivity contribution in [3.63, 3.8) is 0 Å². The van der Waals surface area contributed by atoms with Crippen LogP contribution in [0.15, 0.2) is 60.9 Å². The number of carbonyl (C=O) groups is 1. The molecule has 0 N–H and O–H groups in total. The zero-order valence-corrected chi connectivity index (χ0v) is 15.6. The lowest BCUT2D eigenvalue weighted by Crippen LogP contribution is -2.48. The molecule has 26 heavy (non-hydrogen) atoms. The Morgan fingerprint density at radius 1 is 1.23 bits per heavy atom. The molecule has 1 aliphatic rings. The summed E-state index contributed by atoms with van der Waals surface area (Å²) in [7, 11) is 1.92. The first kappa shape index (κ1) is 18.3. The van der Waals surface area contributed by atoms with Crippen LogP contribution < -0.4 is 0 Å². The Morgan fingerprint density at radius 2 is 1.96 bits per heavy atom. The van der Waals surface area contributed by atoms with Crippen LogP contribution in [0.25, 0.3) is 6.08 Å². The summed E-state index contributed by atoms with van der Waals surface area (Å²) in [6.45, 7) is 4.26. The van der Waals surface area contributed by atoms with Crippen molar-refractivity contribution in [3.8, 4) is 0 Å². The van der Waals surface area contributed by atoms with E-state index in [2.05, 4.69) is 47.1 Å². The van der Waals surface area contributed by atoms with Crippen molar-refractivity contribution in [1.82, 2.24) is 14.8 Å². The van der Waals surface area contributed by atoms with Crippen molar-refractivity contribution < 1.29 is 4.79 Å². The maximum Gasteiger partial charge on any atom is 0.246 e. The van der Waals surface area contributed by atoms with Gasteiger partial charge < -0.3 is 4.90 Å². The van der Waals surface area contributed by atoms with E-state index in [1.807, 2.05) is 30.2 Å². The molecule has 3 rings (SSSR count). The molecule has 0 saturated carbocycles. The molecule has 1 amide bonds. The van der Waals surface area contributed by atoms with Crippen LogP contribution in [0.4, 0.5) is 0 Å². The molecule has 1 fully saturated rings. The summed E-state index contributed by atoms with van der Waals surface area (Å²) < 4.78 is 0. The Bertz CT molecular complexity index is 730. The van der Waals surface area contributed by atoms with Gasteiger partial charge in [0.2, 0.25) is 5.91 Å². The van der Waals surface area contributed by atoms with Crippen molar-refractivity contribution in [2.45, 2.75) is 38.4 Å². The summed E-state index contributed by atoms with van der Waals surface area (Å²) in [5.41, 5.74) is 2.34. The van der Waals surface area contributed by atoms with Crippen LogP contribution in [0.2, 0.25) is 0 Å². The molecule has 0 aliphatic carbocycles. The third-order valence-corrected chi connectivity index (χ3v) is 5.23. The number of hydrogen-bond acceptors (Lipinski definition) is 3. The van der Waals surface area contributed by atoms with Gasteiger partial charge in [0.05, 0.1) is 0 Å². The molecule has 2 atom stereocenters. The minimum absolute atomic E-state index is 0.0653. The van der Waals surface area contributed by atoms with E-state index in [1.54, 1.807) is 18.5 Å². The van der Waals surface area contributed by atoms with Gasteiger partial charge in [0, 0.05) is 50.7 Å². The number of rotatable bonds is 5. The minimum Gasteiger partial charge on any atom is -0.339 e. The summed E-state index contributed by atoms with van der Waals surface area (Å²) >= 11 is 0. The Kier molecular flexibility index (Phi) is 6.18. The van der Waals surface area contributed by atoms with E-state index in [4.69, 9.17) is 0 Å². The van der Waals surface area contributed by atoms with Gasteiger partial charge in [0.15, 0.2) is 0 Å². The van der Waals surface area contributed by atoms with Gasteiger partial charge in [-0.25, -0.2) is 0 Å². The van der Waals surface area contributed by atoms with E-state index in [1.165, 1.54) is 5.56 Å². The number of carbonyl (C=O) groups excluding carboxylic acids is 1. The van der Waals surface area contributed by atoms with Gasteiger partial charge >= 0.3 is 0 Å². The average Bonchev–Trinajstić information content (AvgIpc) is 2.68.